The Kier molecular flexibility index (Phi) is 5.08. The van der Waals surface area contributed by atoms with E-state index in [9.17, 15) is 4.79 Å². The first kappa shape index (κ1) is 17.4. The van der Waals surface area contributed by atoms with Crippen LogP contribution in [0.5, 0.6) is 0 Å². The Morgan fingerprint density at radius 1 is 1.08 bits per heavy atom. The lowest BCUT2D eigenvalue weighted by molar-refractivity contribution is 0.828. The van der Waals surface area contributed by atoms with Gasteiger partial charge in [-0.05, 0) is 61.5 Å². The van der Waals surface area contributed by atoms with Gasteiger partial charge in [-0.3, -0.25) is 4.79 Å². The van der Waals surface area contributed by atoms with E-state index < -0.39 is 0 Å². The van der Waals surface area contributed by atoms with Crippen molar-refractivity contribution in [3.8, 4) is 5.69 Å². The molecule has 0 spiro atoms. The maximum atomic E-state index is 12.4. The molecule has 0 atom stereocenters. The fourth-order valence-corrected chi connectivity index (χ4v) is 2.60. The van der Waals surface area contributed by atoms with Gasteiger partial charge in [0.15, 0.2) is 5.69 Å². The molecule has 0 saturated heterocycles. The molecule has 0 saturated carbocycles. The Morgan fingerprint density at radius 3 is 2.50 bits per heavy atom. The summed E-state index contributed by atoms with van der Waals surface area (Å²) in [6.07, 6.45) is 4.60. The minimum Gasteiger partial charge on any atom is -0.405 e. The second kappa shape index (κ2) is 7.61. The number of nitrogens with zero attached hydrogens (tertiary/aromatic N) is 3. The van der Waals surface area contributed by atoms with Gasteiger partial charge in [0.05, 0.1) is 17.1 Å². The zero-order chi connectivity index (χ0) is 18.5. The molecule has 0 bridgehead atoms. The fraction of sp³-hybridized carbons (Fsp3) is 0.0952. The van der Waals surface area contributed by atoms with Gasteiger partial charge in [-0.25, -0.2) is 9.67 Å². The highest BCUT2D eigenvalue weighted by Gasteiger charge is 2.10. The highest BCUT2D eigenvalue weighted by molar-refractivity contribution is 6.08. The average molecular weight is 344 g/mol. The van der Waals surface area contributed by atoms with E-state index in [0.29, 0.717) is 5.71 Å². The lowest BCUT2D eigenvalue weighted by Gasteiger charge is -2.08. The van der Waals surface area contributed by atoms with E-state index in [4.69, 9.17) is 5.73 Å². The molecule has 130 valence electrons. The third-order valence-corrected chi connectivity index (χ3v) is 3.82. The van der Waals surface area contributed by atoms with Crippen molar-refractivity contribution in [2.75, 3.05) is 0 Å². The Labute approximate surface area is 152 Å². The van der Waals surface area contributed by atoms with Gasteiger partial charge >= 0.3 is 0 Å². The van der Waals surface area contributed by atoms with Gasteiger partial charge < -0.3 is 5.73 Å². The molecule has 0 aliphatic heterocycles. The van der Waals surface area contributed by atoms with E-state index in [1.54, 1.807) is 17.0 Å². The van der Waals surface area contributed by atoms with Gasteiger partial charge in [0.25, 0.3) is 0 Å². The molecule has 0 radical (unpaired) electrons. The Hall–Kier alpha value is -3.47. The van der Waals surface area contributed by atoms with E-state index in [0.717, 1.165) is 22.5 Å². The third kappa shape index (κ3) is 3.95. The Balaban J connectivity index is 2.13. The van der Waals surface area contributed by atoms with Crippen LogP contribution < -0.4 is 11.2 Å². The van der Waals surface area contributed by atoms with Crippen LogP contribution in [0.15, 0.2) is 82.9 Å². The van der Waals surface area contributed by atoms with Crippen LogP contribution in [0.1, 0.15) is 16.8 Å². The molecule has 0 unspecified atom stereocenters. The highest BCUT2D eigenvalue weighted by atomic mass is 16.1. The molecule has 0 aliphatic rings. The van der Waals surface area contributed by atoms with E-state index in [-0.39, 0.29) is 11.1 Å². The minimum absolute atomic E-state index is 0.210. The van der Waals surface area contributed by atoms with Crippen molar-refractivity contribution in [2.24, 2.45) is 10.7 Å². The van der Waals surface area contributed by atoms with Crippen LogP contribution in [0.25, 0.3) is 5.69 Å². The molecule has 1 heterocycles. The van der Waals surface area contributed by atoms with Gasteiger partial charge in [-0.2, -0.15) is 5.10 Å². The molecule has 26 heavy (non-hydrogen) atoms. The van der Waals surface area contributed by atoms with E-state index in [1.165, 1.54) is 12.3 Å². The Bertz CT molecular complexity index is 1050. The Morgan fingerprint density at radius 2 is 1.81 bits per heavy atom. The molecule has 5 heteroatoms. The van der Waals surface area contributed by atoms with Crippen molar-refractivity contribution in [1.82, 2.24) is 9.78 Å². The number of aromatic nitrogens is 2. The lowest BCUT2D eigenvalue weighted by atomic mass is 10.2. The first-order chi connectivity index (χ1) is 12.6. The fourth-order valence-electron chi connectivity index (χ4n) is 2.60. The standard InChI is InChI=1S/C21H20N4O/c1-15-5-3-7-17(13-15)23-19(9-11-22)21-20(26)10-12-25(24-21)18-8-4-6-16(2)14-18/h3-14H,22H2,1-2H3. The molecule has 2 N–H and O–H groups in total. The summed E-state index contributed by atoms with van der Waals surface area (Å²) in [7, 11) is 0. The summed E-state index contributed by atoms with van der Waals surface area (Å²) in [6.45, 7) is 4.00. The van der Waals surface area contributed by atoms with Gasteiger partial charge in [0.2, 0.25) is 5.43 Å². The number of nitrogens with two attached hydrogens (primary N) is 1. The number of rotatable bonds is 4. The van der Waals surface area contributed by atoms with E-state index in [2.05, 4.69) is 10.1 Å². The maximum absolute atomic E-state index is 12.4. The molecular formula is C21H20N4O. The zero-order valence-corrected chi connectivity index (χ0v) is 14.8. The summed E-state index contributed by atoms with van der Waals surface area (Å²) >= 11 is 0. The minimum atomic E-state index is -0.210. The van der Waals surface area contributed by atoms with Crippen molar-refractivity contribution in [2.45, 2.75) is 13.8 Å². The molecular weight excluding hydrogens is 324 g/mol. The first-order valence-corrected chi connectivity index (χ1v) is 8.28. The number of benzene rings is 2. The smallest absolute Gasteiger partial charge is 0.209 e. The van der Waals surface area contributed by atoms with Crippen molar-refractivity contribution >= 4 is 11.4 Å². The number of allylic oxidation sites excluding steroid dienone is 1. The van der Waals surface area contributed by atoms with Crippen molar-refractivity contribution in [3.05, 3.63) is 100 Å². The second-order valence-corrected chi connectivity index (χ2v) is 6.01. The van der Waals surface area contributed by atoms with Gasteiger partial charge in [0, 0.05) is 12.3 Å². The summed E-state index contributed by atoms with van der Waals surface area (Å²) < 4.78 is 1.67. The first-order valence-electron chi connectivity index (χ1n) is 8.28. The third-order valence-electron chi connectivity index (χ3n) is 3.82. The van der Waals surface area contributed by atoms with Crippen molar-refractivity contribution < 1.29 is 0 Å². The highest BCUT2D eigenvalue weighted by Crippen LogP contribution is 2.15. The molecule has 0 amide bonds. The van der Waals surface area contributed by atoms with E-state index >= 15 is 0 Å². The van der Waals surface area contributed by atoms with Crippen molar-refractivity contribution in [3.63, 3.8) is 0 Å². The average Bonchev–Trinajstić information content (AvgIpc) is 2.62. The number of aryl methyl sites for hydroxylation is 2. The van der Waals surface area contributed by atoms with Crippen LogP contribution in [0.3, 0.4) is 0 Å². The molecule has 2 aromatic carbocycles. The monoisotopic (exact) mass is 344 g/mol. The zero-order valence-electron chi connectivity index (χ0n) is 14.8. The number of hydrogen-bond acceptors (Lipinski definition) is 4. The normalized spacial score (nSPS) is 11.8. The molecule has 0 fully saturated rings. The van der Waals surface area contributed by atoms with Crippen LogP contribution in [-0.2, 0) is 0 Å². The van der Waals surface area contributed by atoms with Gasteiger partial charge in [-0.1, -0.05) is 24.3 Å². The van der Waals surface area contributed by atoms with Gasteiger partial charge in [-0.15, -0.1) is 0 Å². The topological polar surface area (TPSA) is 73.3 Å². The predicted octanol–water partition coefficient (Wildman–Crippen LogP) is 3.44. The molecule has 3 aromatic rings. The summed E-state index contributed by atoms with van der Waals surface area (Å²) in [5.41, 5.74) is 9.84. The summed E-state index contributed by atoms with van der Waals surface area (Å²) in [5.74, 6) is 0. The number of aliphatic imine (C=N–C) groups is 1. The second-order valence-electron chi connectivity index (χ2n) is 6.01. The van der Waals surface area contributed by atoms with Crippen LogP contribution >= 0.6 is 0 Å². The number of hydrogen-bond donors (Lipinski definition) is 1. The SMILES string of the molecule is Cc1cccc(N=C(C=CN)c2nn(-c3cccc(C)c3)ccc2=O)c1. The predicted molar refractivity (Wildman–Crippen MR) is 105 cm³/mol. The molecule has 5 nitrogen and oxygen atoms in total. The quantitative estimate of drug-likeness (QED) is 0.737. The van der Waals surface area contributed by atoms with Crippen LogP contribution in [0, 0.1) is 13.8 Å². The summed E-state index contributed by atoms with van der Waals surface area (Å²) in [5, 5.41) is 4.49. The largest absolute Gasteiger partial charge is 0.405 e. The molecule has 0 aliphatic carbocycles. The summed E-state index contributed by atoms with van der Waals surface area (Å²) in [6, 6.07) is 17.1. The lowest BCUT2D eigenvalue weighted by Crippen LogP contribution is -2.20. The van der Waals surface area contributed by atoms with Crippen molar-refractivity contribution in [1.29, 1.82) is 0 Å². The maximum Gasteiger partial charge on any atom is 0.209 e. The van der Waals surface area contributed by atoms with Gasteiger partial charge in [0.1, 0.15) is 0 Å². The molecule has 3 rings (SSSR count). The van der Waals surface area contributed by atoms with Crippen LogP contribution in [-0.4, -0.2) is 15.5 Å². The van der Waals surface area contributed by atoms with Crippen LogP contribution in [0.4, 0.5) is 5.69 Å². The summed E-state index contributed by atoms with van der Waals surface area (Å²) in [4.78, 5) is 17.0. The van der Waals surface area contributed by atoms with Crippen LogP contribution in [0.2, 0.25) is 0 Å². The van der Waals surface area contributed by atoms with E-state index in [1.807, 2.05) is 62.4 Å². The molecule has 1 aromatic heterocycles.